The van der Waals surface area contributed by atoms with Crippen molar-refractivity contribution < 1.29 is 13.6 Å². The molecule has 4 aliphatic rings. The van der Waals surface area contributed by atoms with Gasteiger partial charge < -0.3 is 9.47 Å². The van der Waals surface area contributed by atoms with E-state index in [9.17, 15) is 13.6 Å². The smallest absolute Gasteiger partial charge is 0.272 e. The molecule has 6 rings (SSSR count). The zero-order valence-electron chi connectivity index (χ0n) is 15.2. The van der Waals surface area contributed by atoms with Crippen LogP contribution in [0.3, 0.4) is 0 Å². The van der Waals surface area contributed by atoms with E-state index < -0.39 is 11.6 Å². The van der Waals surface area contributed by atoms with Gasteiger partial charge >= 0.3 is 0 Å². The molecule has 1 aromatic heterocycles. The number of halogens is 2. The average Bonchev–Trinajstić information content (AvgIpc) is 3.30. The second kappa shape index (κ2) is 6.12. The molecule has 27 heavy (non-hydrogen) atoms. The van der Waals surface area contributed by atoms with Gasteiger partial charge in [-0.2, -0.15) is 0 Å². The first-order chi connectivity index (χ1) is 13.1. The zero-order chi connectivity index (χ0) is 18.7. The standard InChI is InChI=1S/C20H22F2N4O/c1-24-11-23-9-16(24)20(27)26-10-14(13-3-2-4-15(21)17(13)22)19-18(26)12-5-7-25(19)8-6-12/h2-4,9,11-12,14,18-19H,5-8,10H2,1H3/t14-,18-,19-/m1/s1. The molecule has 1 amide bonds. The number of fused-ring (bicyclic) bond motifs is 2. The largest absolute Gasteiger partial charge is 0.332 e. The predicted octanol–water partition coefficient (Wildman–Crippen LogP) is 2.40. The maximum atomic E-state index is 14.6. The SMILES string of the molecule is Cn1cncc1C(=O)N1C[C@H](c2cccc(F)c2F)[C@@H]2[C@H]1C1CCN2CC1. The first-order valence-electron chi connectivity index (χ1n) is 9.51. The lowest BCUT2D eigenvalue weighted by atomic mass is 9.75. The minimum atomic E-state index is -0.823. The summed E-state index contributed by atoms with van der Waals surface area (Å²) in [5.74, 6) is -1.47. The Morgan fingerprint density at radius 3 is 2.67 bits per heavy atom. The second-order valence-corrected chi connectivity index (χ2v) is 7.95. The van der Waals surface area contributed by atoms with Crippen LogP contribution in [0.1, 0.15) is 34.8 Å². The van der Waals surface area contributed by atoms with Gasteiger partial charge in [-0.15, -0.1) is 0 Å². The van der Waals surface area contributed by atoms with Crippen LogP contribution < -0.4 is 0 Å². The van der Waals surface area contributed by atoms with E-state index in [0.29, 0.717) is 23.7 Å². The van der Waals surface area contributed by atoms with Gasteiger partial charge in [-0.25, -0.2) is 13.8 Å². The maximum absolute atomic E-state index is 14.6. The monoisotopic (exact) mass is 372 g/mol. The van der Waals surface area contributed by atoms with Crippen molar-refractivity contribution in [1.82, 2.24) is 19.4 Å². The normalized spacial score (nSPS) is 32.0. The van der Waals surface area contributed by atoms with E-state index >= 15 is 0 Å². The number of likely N-dealkylation sites (tertiary alicyclic amines) is 1. The van der Waals surface area contributed by atoms with Gasteiger partial charge in [0.1, 0.15) is 5.69 Å². The molecular formula is C20H22F2N4O. The van der Waals surface area contributed by atoms with Gasteiger partial charge in [0, 0.05) is 25.6 Å². The Morgan fingerprint density at radius 2 is 1.96 bits per heavy atom. The van der Waals surface area contributed by atoms with Gasteiger partial charge in [-0.3, -0.25) is 9.69 Å². The fourth-order valence-corrected chi connectivity index (χ4v) is 5.44. The molecular weight excluding hydrogens is 350 g/mol. The van der Waals surface area contributed by atoms with Gasteiger partial charge in [0.05, 0.1) is 18.6 Å². The summed E-state index contributed by atoms with van der Waals surface area (Å²) in [4.78, 5) is 21.6. The molecule has 0 saturated carbocycles. The fourth-order valence-electron chi connectivity index (χ4n) is 5.44. The summed E-state index contributed by atoms with van der Waals surface area (Å²) < 4.78 is 30.2. The first-order valence-corrected chi connectivity index (χ1v) is 9.51. The topological polar surface area (TPSA) is 41.4 Å². The molecule has 2 bridgehead atoms. The van der Waals surface area contributed by atoms with E-state index in [2.05, 4.69) is 9.88 Å². The highest BCUT2D eigenvalue weighted by Crippen LogP contribution is 2.47. The van der Waals surface area contributed by atoms with Crippen LogP contribution in [0.2, 0.25) is 0 Å². The number of benzene rings is 1. The Bertz CT molecular complexity index is 890. The summed E-state index contributed by atoms with van der Waals surface area (Å²) >= 11 is 0. The molecule has 3 atom stereocenters. The molecule has 0 aliphatic carbocycles. The van der Waals surface area contributed by atoms with Crippen molar-refractivity contribution >= 4 is 5.91 Å². The highest BCUT2D eigenvalue weighted by molar-refractivity contribution is 5.93. The van der Waals surface area contributed by atoms with Gasteiger partial charge in [0.25, 0.3) is 5.91 Å². The molecule has 0 N–H and O–H groups in total. The Balaban J connectivity index is 1.57. The van der Waals surface area contributed by atoms with E-state index in [4.69, 9.17) is 0 Å². The number of hydrogen-bond acceptors (Lipinski definition) is 3. The second-order valence-electron chi connectivity index (χ2n) is 7.95. The summed E-state index contributed by atoms with van der Waals surface area (Å²) in [5.41, 5.74) is 0.920. The lowest BCUT2D eigenvalue weighted by Crippen LogP contribution is -2.60. The summed E-state index contributed by atoms with van der Waals surface area (Å²) in [7, 11) is 1.80. The number of carbonyl (C=O) groups is 1. The number of imidazole rings is 1. The minimum absolute atomic E-state index is 0.0440. The van der Waals surface area contributed by atoms with Crippen molar-refractivity contribution in [3.05, 3.63) is 53.6 Å². The summed E-state index contributed by atoms with van der Waals surface area (Å²) in [6, 6.07) is 4.47. The number of piperidine rings is 3. The molecule has 142 valence electrons. The molecule has 4 fully saturated rings. The van der Waals surface area contributed by atoms with Gasteiger partial charge in [-0.1, -0.05) is 12.1 Å². The van der Waals surface area contributed by atoms with Crippen LogP contribution >= 0.6 is 0 Å². The van der Waals surface area contributed by atoms with Crippen LogP contribution in [-0.4, -0.2) is 57.0 Å². The number of hydrogen-bond donors (Lipinski definition) is 0. The molecule has 4 saturated heterocycles. The molecule has 7 heteroatoms. The third kappa shape index (κ3) is 2.44. The average molecular weight is 372 g/mol. The van der Waals surface area contributed by atoms with E-state index in [1.807, 2.05) is 4.90 Å². The highest BCUT2D eigenvalue weighted by atomic mass is 19.2. The molecule has 1 aromatic carbocycles. The van der Waals surface area contributed by atoms with Crippen LogP contribution in [0, 0.1) is 17.6 Å². The lowest BCUT2D eigenvalue weighted by Gasteiger charge is -2.51. The van der Waals surface area contributed by atoms with Crippen LogP contribution in [0.4, 0.5) is 8.78 Å². The summed E-state index contributed by atoms with van der Waals surface area (Å²) in [5, 5.41) is 0. The Hall–Kier alpha value is -2.28. The van der Waals surface area contributed by atoms with E-state index in [-0.39, 0.29) is 23.9 Å². The van der Waals surface area contributed by atoms with Gasteiger partial charge in [0.2, 0.25) is 0 Å². The highest BCUT2D eigenvalue weighted by Gasteiger charge is 2.55. The fraction of sp³-hybridized carbons (Fsp3) is 0.500. The molecule has 5 heterocycles. The zero-order valence-corrected chi connectivity index (χ0v) is 15.2. The number of amides is 1. The van der Waals surface area contributed by atoms with Crippen molar-refractivity contribution in [2.45, 2.75) is 30.8 Å². The van der Waals surface area contributed by atoms with E-state index in [0.717, 1.165) is 32.0 Å². The third-order valence-corrected chi connectivity index (χ3v) is 6.67. The molecule has 4 aliphatic heterocycles. The van der Waals surface area contributed by atoms with Crippen molar-refractivity contribution in [3.8, 4) is 0 Å². The van der Waals surface area contributed by atoms with E-state index in [1.54, 1.807) is 36.3 Å². The van der Waals surface area contributed by atoms with Crippen LogP contribution in [0.25, 0.3) is 0 Å². The Kier molecular flexibility index (Phi) is 3.82. The number of aromatic nitrogens is 2. The maximum Gasteiger partial charge on any atom is 0.272 e. The number of aryl methyl sites for hydroxylation is 1. The predicted molar refractivity (Wildman–Crippen MR) is 95.2 cm³/mol. The number of carbonyl (C=O) groups excluding carboxylic acids is 1. The van der Waals surface area contributed by atoms with Crippen LogP contribution in [-0.2, 0) is 7.05 Å². The Morgan fingerprint density at radius 1 is 1.19 bits per heavy atom. The minimum Gasteiger partial charge on any atom is -0.332 e. The van der Waals surface area contributed by atoms with E-state index in [1.165, 1.54) is 0 Å². The van der Waals surface area contributed by atoms with Crippen molar-refractivity contribution in [2.24, 2.45) is 13.0 Å². The molecule has 2 aromatic rings. The quantitative estimate of drug-likeness (QED) is 0.813. The Labute approximate surface area is 156 Å². The summed E-state index contributed by atoms with van der Waals surface area (Å²) in [6.45, 7) is 2.34. The van der Waals surface area contributed by atoms with Crippen LogP contribution in [0.5, 0.6) is 0 Å². The number of rotatable bonds is 2. The van der Waals surface area contributed by atoms with Crippen molar-refractivity contribution in [3.63, 3.8) is 0 Å². The number of nitrogens with zero attached hydrogens (tertiary/aromatic N) is 4. The van der Waals surface area contributed by atoms with Gasteiger partial charge in [0.15, 0.2) is 11.6 Å². The van der Waals surface area contributed by atoms with Crippen LogP contribution in [0.15, 0.2) is 30.7 Å². The van der Waals surface area contributed by atoms with Crippen molar-refractivity contribution in [2.75, 3.05) is 19.6 Å². The third-order valence-electron chi connectivity index (χ3n) is 6.67. The van der Waals surface area contributed by atoms with Crippen molar-refractivity contribution in [1.29, 1.82) is 0 Å². The molecule has 0 spiro atoms. The first kappa shape index (κ1) is 16.9. The summed E-state index contributed by atoms with van der Waals surface area (Å²) in [6.07, 6.45) is 5.29. The lowest BCUT2D eigenvalue weighted by molar-refractivity contribution is -0.00387. The molecule has 5 nitrogen and oxygen atoms in total. The molecule has 0 radical (unpaired) electrons. The molecule has 0 unspecified atom stereocenters. The van der Waals surface area contributed by atoms with Gasteiger partial charge in [-0.05, 0) is 43.5 Å².